The predicted octanol–water partition coefficient (Wildman–Crippen LogP) is 7.36. The van der Waals surface area contributed by atoms with Gasteiger partial charge in [0.15, 0.2) is 0 Å². The number of carbonyl (C=O) groups excluding carboxylic acids is 2. The lowest BCUT2D eigenvalue weighted by atomic mass is 10.0. The number of urea groups is 2. The number of hydrogen-bond donors (Lipinski definition) is 4. The van der Waals surface area contributed by atoms with E-state index in [2.05, 4.69) is 21.3 Å². The highest BCUT2D eigenvalue weighted by atomic mass is 16.5. The summed E-state index contributed by atoms with van der Waals surface area (Å²) in [5.41, 5.74) is 4.77. The number of anilines is 4. The van der Waals surface area contributed by atoms with E-state index in [-0.39, 0.29) is 12.1 Å². The molecule has 200 valence electrons. The van der Waals surface area contributed by atoms with Gasteiger partial charge in [0.25, 0.3) is 0 Å². The number of rotatable bonds is 10. The van der Waals surface area contributed by atoms with Gasteiger partial charge in [-0.05, 0) is 79.9 Å². The number of nitrogens with one attached hydrogen (secondary N) is 4. The minimum Gasteiger partial charge on any atom is -0.492 e. The second-order valence-electron chi connectivity index (χ2n) is 8.59. The predicted molar refractivity (Wildman–Crippen MR) is 156 cm³/mol. The summed E-state index contributed by atoms with van der Waals surface area (Å²) in [6.45, 7) is 4.82. The Morgan fingerprint density at radius 2 is 0.923 bits per heavy atom. The Kier molecular flexibility index (Phi) is 9.39. The molecule has 0 heterocycles. The maximum absolute atomic E-state index is 12.5. The molecule has 0 spiro atoms. The molecule has 4 aromatic rings. The van der Waals surface area contributed by atoms with Gasteiger partial charge in [0.2, 0.25) is 0 Å². The highest BCUT2D eigenvalue weighted by Crippen LogP contribution is 2.25. The van der Waals surface area contributed by atoms with Crippen LogP contribution in [0.5, 0.6) is 11.5 Å². The van der Waals surface area contributed by atoms with Gasteiger partial charge in [-0.1, -0.05) is 48.5 Å². The lowest BCUT2D eigenvalue weighted by Gasteiger charge is -2.13. The monoisotopic (exact) mass is 524 g/mol. The summed E-state index contributed by atoms with van der Waals surface area (Å²) in [5, 5.41) is 11.3. The summed E-state index contributed by atoms with van der Waals surface area (Å²) in [4.78, 5) is 24.9. The fraction of sp³-hybridized carbons (Fsp3) is 0.161. The summed E-state index contributed by atoms with van der Waals surface area (Å²) >= 11 is 0. The topological polar surface area (TPSA) is 101 Å². The van der Waals surface area contributed by atoms with Crippen LogP contribution in [0.4, 0.5) is 32.3 Å². The molecule has 0 radical (unpaired) electrons. The highest BCUT2D eigenvalue weighted by Gasteiger charge is 2.09. The first kappa shape index (κ1) is 27.1. The molecule has 0 aromatic heterocycles. The fourth-order valence-corrected chi connectivity index (χ4v) is 3.92. The van der Waals surface area contributed by atoms with Gasteiger partial charge in [-0.15, -0.1) is 0 Å². The summed E-state index contributed by atoms with van der Waals surface area (Å²) in [6.07, 6.45) is 0.711. The second kappa shape index (κ2) is 13.5. The molecule has 0 aliphatic rings. The van der Waals surface area contributed by atoms with Crippen LogP contribution >= 0.6 is 0 Å². The Labute approximate surface area is 228 Å². The van der Waals surface area contributed by atoms with E-state index in [1.807, 2.05) is 98.8 Å². The third-order valence-electron chi connectivity index (χ3n) is 5.70. The smallest absolute Gasteiger partial charge is 0.323 e. The standard InChI is InChI=1S/C31H32N4O4/c1-3-38-28-11-7-5-9-26(28)34-30(36)32-24-17-13-22(14-18-24)21-23-15-19-25(20-16-23)33-31(37)35-27-10-6-8-12-29(27)39-4-2/h5-20H,3-4,21H2,1-2H3,(H2,32,34,36)(H2,33,35,37). The number of benzene rings is 4. The largest absolute Gasteiger partial charge is 0.492 e. The van der Waals surface area contributed by atoms with Gasteiger partial charge in [0.05, 0.1) is 24.6 Å². The van der Waals surface area contributed by atoms with Crippen LogP contribution < -0.4 is 30.7 Å². The van der Waals surface area contributed by atoms with Crippen LogP contribution in [0.1, 0.15) is 25.0 Å². The maximum atomic E-state index is 12.5. The fourth-order valence-electron chi connectivity index (χ4n) is 3.92. The molecule has 8 heteroatoms. The summed E-state index contributed by atoms with van der Waals surface area (Å²) in [5.74, 6) is 1.25. The molecule has 39 heavy (non-hydrogen) atoms. The molecule has 0 aliphatic carbocycles. The van der Waals surface area contributed by atoms with Crippen molar-refractivity contribution in [3.8, 4) is 11.5 Å². The third-order valence-corrected chi connectivity index (χ3v) is 5.70. The van der Waals surface area contributed by atoms with Crippen LogP contribution in [0.2, 0.25) is 0 Å². The Hall–Kier alpha value is -4.98. The zero-order chi connectivity index (χ0) is 27.5. The SMILES string of the molecule is CCOc1ccccc1NC(=O)Nc1ccc(Cc2ccc(NC(=O)Nc3ccccc3OCC)cc2)cc1. The number of hydrogen-bond acceptors (Lipinski definition) is 4. The Morgan fingerprint density at radius 1 is 0.538 bits per heavy atom. The van der Waals surface area contributed by atoms with Gasteiger partial charge in [-0.3, -0.25) is 0 Å². The molecular formula is C31H32N4O4. The van der Waals surface area contributed by atoms with Gasteiger partial charge < -0.3 is 30.7 Å². The molecule has 0 fully saturated rings. The number of amides is 4. The average molecular weight is 525 g/mol. The summed E-state index contributed by atoms with van der Waals surface area (Å²) in [7, 11) is 0. The van der Waals surface area contributed by atoms with Gasteiger partial charge in [-0.25, -0.2) is 9.59 Å². The van der Waals surface area contributed by atoms with Crippen molar-refractivity contribution in [3.63, 3.8) is 0 Å². The normalized spacial score (nSPS) is 10.3. The van der Waals surface area contributed by atoms with Crippen LogP contribution in [0.15, 0.2) is 97.1 Å². The lowest BCUT2D eigenvalue weighted by molar-refractivity contribution is 0.261. The molecule has 4 N–H and O–H groups in total. The van der Waals surface area contributed by atoms with E-state index in [9.17, 15) is 9.59 Å². The first-order valence-electron chi connectivity index (χ1n) is 12.8. The molecule has 4 aromatic carbocycles. The highest BCUT2D eigenvalue weighted by molar-refractivity contribution is 6.01. The van der Waals surface area contributed by atoms with Gasteiger partial charge in [0.1, 0.15) is 11.5 Å². The first-order valence-corrected chi connectivity index (χ1v) is 12.8. The van der Waals surface area contributed by atoms with Crippen molar-refractivity contribution in [1.82, 2.24) is 0 Å². The van der Waals surface area contributed by atoms with Crippen molar-refractivity contribution in [2.24, 2.45) is 0 Å². The molecule has 4 rings (SSSR count). The van der Waals surface area contributed by atoms with Crippen LogP contribution in [-0.4, -0.2) is 25.3 Å². The third kappa shape index (κ3) is 8.00. The van der Waals surface area contributed by atoms with E-state index in [1.165, 1.54) is 0 Å². The van der Waals surface area contributed by atoms with E-state index < -0.39 is 0 Å². The zero-order valence-electron chi connectivity index (χ0n) is 22.0. The van der Waals surface area contributed by atoms with Crippen molar-refractivity contribution in [1.29, 1.82) is 0 Å². The zero-order valence-corrected chi connectivity index (χ0v) is 22.0. The van der Waals surface area contributed by atoms with Crippen LogP contribution in [0.25, 0.3) is 0 Å². The van der Waals surface area contributed by atoms with Gasteiger partial charge in [-0.2, -0.15) is 0 Å². The number of ether oxygens (including phenoxy) is 2. The van der Waals surface area contributed by atoms with E-state index >= 15 is 0 Å². The van der Waals surface area contributed by atoms with Crippen molar-refractivity contribution < 1.29 is 19.1 Å². The lowest BCUT2D eigenvalue weighted by Crippen LogP contribution is -2.20. The number of para-hydroxylation sites is 4. The molecule has 0 unspecified atom stereocenters. The average Bonchev–Trinajstić information content (AvgIpc) is 2.93. The van der Waals surface area contributed by atoms with Crippen LogP contribution in [0, 0.1) is 0 Å². The first-order chi connectivity index (χ1) is 19.0. The van der Waals surface area contributed by atoms with Crippen LogP contribution in [-0.2, 0) is 6.42 Å². The molecule has 0 aliphatic heterocycles. The maximum Gasteiger partial charge on any atom is 0.323 e. The minimum absolute atomic E-state index is 0.344. The van der Waals surface area contributed by atoms with Crippen LogP contribution in [0.3, 0.4) is 0 Å². The molecule has 4 amide bonds. The Balaban J connectivity index is 1.28. The summed E-state index contributed by atoms with van der Waals surface area (Å²) < 4.78 is 11.1. The molecule has 0 bridgehead atoms. The Morgan fingerprint density at radius 3 is 1.31 bits per heavy atom. The summed E-state index contributed by atoms with van der Waals surface area (Å²) in [6, 6.07) is 29.3. The van der Waals surface area contributed by atoms with Gasteiger partial charge >= 0.3 is 12.1 Å². The van der Waals surface area contributed by atoms with E-state index in [4.69, 9.17) is 9.47 Å². The van der Waals surface area contributed by atoms with Crippen molar-refractivity contribution in [3.05, 3.63) is 108 Å². The van der Waals surface area contributed by atoms with E-state index in [0.717, 1.165) is 11.1 Å². The Bertz CT molecular complexity index is 1280. The minimum atomic E-state index is -0.344. The molecule has 0 atom stereocenters. The molecule has 0 saturated heterocycles. The molecular weight excluding hydrogens is 492 g/mol. The van der Waals surface area contributed by atoms with Crippen molar-refractivity contribution in [2.75, 3.05) is 34.5 Å². The second-order valence-corrected chi connectivity index (χ2v) is 8.59. The number of carbonyl (C=O) groups is 2. The molecule has 0 saturated carbocycles. The van der Waals surface area contributed by atoms with Crippen molar-refractivity contribution in [2.45, 2.75) is 20.3 Å². The van der Waals surface area contributed by atoms with Gasteiger partial charge in [0, 0.05) is 11.4 Å². The quantitative estimate of drug-likeness (QED) is 0.174. The van der Waals surface area contributed by atoms with Crippen molar-refractivity contribution >= 4 is 34.8 Å². The van der Waals surface area contributed by atoms with E-state index in [0.29, 0.717) is 53.9 Å². The van der Waals surface area contributed by atoms with E-state index in [1.54, 1.807) is 12.1 Å². The molecule has 8 nitrogen and oxygen atoms in total.